The number of anilines is 1. The Balaban J connectivity index is 2.93. The highest BCUT2D eigenvalue weighted by Crippen LogP contribution is 2.30. The molecule has 1 aromatic rings. The molecule has 0 aliphatic rings. The van der Waals surface area contributed by atoms with Gasteiger partial charge in [-0.1, -0.05) is 0 Å². The number of nitrogens with two attached hydrogens (primary N) is 1. The van der Waals surface area contributed by atoms with Crippen molar-refractivity contribution in [3.05, 3.63) is 18.2 Å². The Bertz CT molecular complexity index is 394. The van der Waals surface area contributed by atoms with Gasteiger partial charge < -0.3 is 15.2 Å². The third-order valence-electron chi connectivity index (χ3n) is 2.00. The number of hydrogen-bond acceptors (Lipinski definition) is 4. The first-order chi connectivity index (χ1) is 7.34. The van der Waals surface area contributed by atoms with Crippen molar-refractivity contribution >= 4 is 11.7 Å². The molecule has 0 bridgehead atoms. The molecular formula is C12H17NO3. The van der Waals surface area contributed by atoms with Crippen molar-refractivity contribution in [2.24, 2.45) is 5.41 Å². The van der Waals surface area contributed by atoms with Gasteiger partial charge in [0.1, 0.15) is 0 Å². The van der Waals surface area contributed by atoms with Crippen LogP contribution in [0.3, 0.4) is 0 Å². The number of carbonyl (C=O) groups excluding carboxylic acids is 1. The second-order valence-corrected chi connectivity index (χ2v) is 4.55. The molecule has 0 saturated carbocycles. The zero-order chi connectivity index (χ0) is 12.3. The van der Waals surface area contributed by atoms with Crippen LogP contribution in [0.1, 0.15) is 20.8 Å². The normalized spacial score (nSPS) is 11.0. The molecule has 0 saturated heterocycles. The Kier molecular flexibility index (Phi) is 3.42. The van der Waals surface area contributed by atoms with Crippen molar-refractivity contribution in [1.29, 1.82) is 0 Å². The van der Waals surface area contributed by atoms with Crippen LogP contribution in [0.25, 0.3) is 0 Å². The van der Waals surface area contributed by atoms with E-state index in [0.717, 1.165) is 0 Å². The second-order valence-electron chi connectivity index (χ2n) is 4.55. The number of benzene rings is 1. The average molecular weight is 223 g/mol. The van der Waals surface area contributed by atoms with Crippen LogP contribution in [-0.4, -0.2) is 13.1 Å². The lowest BCUT2D eigenvalue weighted by molar-refractivity contribution is -0.143. The van der Waals surface area contributed by atoms with Gasteiger partial charge in [-0.3, -0.25) is 4.79 Å². The van der Waals surface area contributed by atoms with Crippen LogP contribution in [0.2, 0.25) is 0 Å². The van der Waals surface area contributed by atoms with E-state index >= 15 is 0 Å². The zero-order valence-corrected chi connectivity index (χ0v) is 10.0. The SMILES string of the molecule is COc1cc(N)ccc1OC(=O)C(C)(C)C. The third kappa shape index (κ3) is 2.89. The van der Waals surface area contributed by atoms with E-state index in [-0.39, 0.29) is 5.97 Å². The molecule has 0 unspecified atom stereocenters. The van der Waals surface area contributed by atoms with Gasteiger partial charge >= 0.3 is 5.97 Å². The van der Waals surface area contributed by atoms with Crippen molar-refractivity contribution in [1.82, 2.24) is 0 Å². The lowest BCUT2D eigenvalue weighted by Crippen LogP contribution is -2.25. The van der Waals surface area contributed by atoms with E-state index in [1.807, 2.05) is 0 Å². The van der Waals surface area contributed by atoms with Crippen LogP contribution in [0.4, 0.5) is 5.69 Å². The lowest BCUT2D eigenvalue weighted by Gasteiger charge is -2.17. The molecule has 4 heteroatoms. The molecule has 0 heterocycles. The molecule has 1 rings (SSSR count). The summed E-state index contributed by atoms with van der Waals surface area (Å²) in [7, 11) is 1.50. The van der Waals surface area contributed by atoms with E-state index < -0.39 is 5.41 Å². The van der Waals surface area contributed by atoms with E-state index in [0.29, 0.717) is 17.2 Å². The zero-order valence-electron chi connectivity index (χ0n) is 10.0. The molecule has 0 amide bonds. The fraction of sp³-hybridized carbons (Fsp3) is 0.417. The Hall–Kier alpha value is -1.71. The molecule has 4 nitrogen and oxygen atoms in total. The standard InChI is InChI=1S/C12H17NO3/c1-12(2,3)11(14)16-9-6-5-8(13)7-10(9)15-4/h5-7H,13H2,1-4H3. The van der Waals surface area contributed by atoms with Gasteiger partial charge in [-0.05, 0) is 32.9 Å². The molecular weight excluding hydrogens is 206 g/mol. The summed E-state index contributed by atoms with van der Waals surface area (Å²) in [5.41, 5.74) is 5.61. The summed E-state index contributed by atoms with van der Waals surface area (Å²) in [6.45, 7) is 5.37. The Labute approximate surface area is 95.3 Å². The van der Waals surface area contributed by atoms with Gasteiger partial charge in [-0.25, -0.2) is 0 Å². The fourth-order valence-electron chi connectivity index (χ4n) is 1.02. The first-order valence-electron chi connectivity index (χ1n) is 5.00. The number of rotatable bonds is 2. The van der Waals surface area contributed by atoms with E-state index in [9.17, 15) is 4.79 Å². The molecule has 0 spiro atoms. The summed E-state index contributed by atoms with van der Waals surface area (Å²) in [6.07, 6.45) is 0. The van der Waals surface area contributed by atoms with Gasteiger partial charge in [0.15, 0.2) is 11.5 Å². The topological polar surface area (TPSA) is 61.6 Å². The van der Waals surface area contributed by atoms with E-state index in [4.69, 9.17) is 15.2 Å². The second kappa shape index (κ2) is 4.43. The molecule has 0 radical (unpaired) electrons. The molecule has 0 aliphatic carbocycles. The van der Waals surface area contributed by atoms with Crippen molar-refractivity contribution < 1.29 is 14.3 Å². The van der Waals surface area contributed by atoms with E-state index in [2.05, 4.69) is 0 Å². The molecule has 16 heavy (non-hydrogen) atoms. The quantitative estimate of drug-likeness (QED) is 0.474. The highest BCUT2D eigenvalue weighted by Gasteiger charge is 2.24. The summed E-state index contributed by atoms with van der Waals surface area (Å²) in [4.78, 5) is 11.7. The van der Waals surface area contributed by atoms with Gasteiger partial charge in [0.2, 0.25) is 0 Å². The van der Waals surface area contributed by atoms with Crippen LogP contribution < -0.4 is 15.2 Å². The van der Waals surface area contributed by atoms with E-state index in [1.54, 1.807) is 39.0 Å². The number of hydrogen-bond donors (Lipinski definition) is 1. The van der Waals surface area contributed by atoms with Crippen LogP contribution >= 0.6 is 0 Å². The highest BCUT2D eigenvalue weighted by molar-refractivity contribution is 5.78. The summed E-state index contributed by atoms with van der Waals surface area (Å²) in [5, 5.41) is 0. The average Bonchev–Trinajstić information content (AvgIpc) is 2.19. The molecule has 0 aromatic heterocycles. The summed E-state index contributed by atoms with van der Waals surface area (Å²) < 4.78 is 10.3. The highest BCUT2D eigenvalue weighted by atomic mass is 16.6. The minimum Gasteiger partial charge on any atom is -0.493 e. The van der Waals surface area contributed by atoms with Gasteiger partial charge in [0.25, 0.3) is 0 Å². The predicted octanol–water partition coefficient (Wildman–Crippen LogP) is 2.23. The predicted molar refractivity (Wildman–Crippen MR) is 62.5 cm³/mol. The monoisotopic (exact) mass is 223 g/mol. The van der Waals surface area contributed by atoms with Gasteiger partial charge in [0, 0.05) is 11.8 Å². The molecule has 0 atom stereocenters. The van der Waals surface area contributed by atoms with Crippen LogP contribution in [0.15, 0.2) is 18.2 Å². The Morgan fingerprint density at radius 1 is 1.25 bits per heavy atom. The summed E-state index contributed by atoms with van der Waals surface area (Å²) in [6, 6.07) is 4.90. The summed E-state index contributed by atoms with van der Waals surface area (Å²) in [5.74, 6) is 0.532. The molecule has 2 N–H and O–H groups in total. The van der Waals surface area contributed by atoms with Crippen molar-refractivity contribution in [2.45, 2.75) is 20.8 Å². The van der Waals surface area contributed by atoms with Crippen LogP contribution in [0.5, 0.6) is 11.5 Å². The number of carbonyl (C=O) groups is 1. The van der Waals surface area contributed by atoms with Crippen LogP contribution in [0, 0.1) is 5.41 Å². The largest absolute Gasteiger partial charge is 0.493 e. The van der Waals surface area contributed by atoms with Crippen molar-refractivity contribution in [3.8, 4) is 11.5 Å². The maximum atomic E-state index is 11.7. The minimum absolute atomic E-state index is 0.310. The van der Waals surface area contributed by atoms with E-state index in [1.165, 1.54) is 7.11 Å². The number of ether oxygens (including phenoxy) is 2. The summed E-state index contributed by atoms with van der Waals surface area (Å²) >= 11 is 0. The van der Waals surface area contributed by atoms with Crippen molar-refractivity contribution in [3.63, 3.8) is 0 Å². The molecule has 88 valence electrons. The van der Waals surface area contributed by atoms with Gasteiger partial charge in [0.05, 0.1) is 12.5 Å². The maximum absolute atomic E-state index is 11.7. The third-order valence-corrected chi connectivity index (χ3v) is 2.00. The molecule has 0 aliphatic heterocycles. The first-order valence-corrected chi connectivity index (χ1v) is 5.00. The Morgan fingerprint density at radius 2 is 1.88 bits per heavy atom. The van der Waals surface area contributed by atoms with Gasteiger partial charge in [-0.15, -0.1) is 0 Å². The first kappa shape index (κ1) is 12.4. The minimum atomic E-state index is -0.549. The van der Waals surface area contributed by atoms with Crippen LogP contribution in [-0.2, 0) is 4.79 Å². The lowest BCUT2D eigenvalue weighted by atomic mass is 9.97. The molecule has 1 aromatic carbocycles. The van der Waals surface area contributed by atoms with Gasteiger partial charge in [-0.2, -0.15) is 0 Å². The Morgan fingerprint density at radius 3 is 2.38 bits per heavy atom. The number of esters is 1. The fourth-order valence-corrected chi connectivity index (χ4v) is 1.02. The maximum Gasteiger partial charge on any atom is 0.316 e. The van der Waals surface area contributed by atoms with Crippen molar-refractivity contribution in [2.75, 3.05) is 12.8 Å². The number of methoxy groups -OCH3 is 1. The molecule has 0 fully saturated rings. The smallest absolute Gasteiger partial charge is 0.316 e. The number of nitrogen functional groups attached to an aromatic ring is 1.